The molecule has 1 atom stereocenters. The van der Waals surface area contributed by atoms with Gasteiger partial charge in [0, 0.05) is 5.39 Å². The molecule has 0 aliphatic carbocycles. The molecule has 0 radical (unpaired) electrons. The van der Waals surface area contributed by atoms with Crippen molar-refractivity contribution in [1.82, 2.24) is 15.1 Å². The van der Waals surface area contributed by atoms with Gasteiger partial charge in [0.15, 0.2) is 0 Å². The number of carbonyl (C=O) groups excluding carboxylic acids is 1. The quantitative estimate of drug-likeness (QED) is 0.771. The van der Waals surface area contributed by atoms with Crippen LogP contribution in [0.4, 0.5) is 0 Å². The van der Waals surface area contributed by atoms with Crippen LogP contribution in [0.2, 0.25) is 0 Å². The van der Waals surface area contributed by atoms with Crippen molar-refractivity contribution in [2.24, 2.45) is 0 Å². The zero-order valence-corrected chi connectivity index (χ0v) is 16.2. The summed E-state index contributed by atoms with van der Waals surface area (Å²) in [6, 6.07) is 15.3. The average Bonchev–Trinajstić information content (AvgIpc) is 2.63. The van der Waals surface area contributed by atoms with E-state index in [1.54, 1.807) is 18.3 Å². The lowest BCUT2D eigenvalue weighted by Gasteiger charge is -2.20. The second-order valence-electron chi connectivity index (χ2n) is 7.86. The minimum atomic E-state index is -0.259. The van der Waals surface area contributed by atoms with Crippen molar-refractivity contribution in [3.63, 3.8) is 0 Å². The molecule has 2 aromatic carbocycles. The topological polar surface area (TPSA) is 64.0 Å². The van der Waals surface area contributed by atoms with E-state index in [1.807, 2.05) is 31.2 Å². The third kappa shape index (κ3) is 4.25. The Morgan fingerprint density at radius 3 is 2.44 bits per heavy atom. The predicted octanol–water partition coefficient (Wildman–Crippen LogP) is 3.57. The van der Waals surface area contributed by atoms with Gasteiger partial charge in [-0.25, -0.2) is 4.68 Å². The number of carbonyl (C=O) groups is 1. The highest BCUT2D eigenvalue weighted by atomic mass is 16.2. The van der Waals surface area contributed by atoms with Crippen LogP contribution in [0.3, 0.4) is 0 Å². The molecule has 140 valence electrons. The highest BCUT2D eigenvalue weighted by Crippen LogP contribution is 2.23. The molecule has 1 N–H and O–H groups in total. The molecule has 0 saturated heterocycles. The molecule has 0 fully saturated rings. The van der Waals surface area contributed by atoms with Gasteiger partial charge in [0.25, 0.3) is 5.56 Å². The molecule has 3 rings (SSSR count). The third-order valence-electron chi connectivity index (χ3n) is 4.71. The molecule has 0 aliphatic heterocycles. The van der Waals surface area contributed by atoms with Gasteiger partial charge in [-0.3, -0.25) is 9.59 Å². The average molecular weight is 363 g/mol. The summed E-state index contributed by atoms with van der Waals surface area (Å²) in [4.78, 5) is 24.9. The van der Waals surface area contributed by atoms with E-state index >= 15 is 0 Å². The first-order chi connectivity index (χ1) is 12.8. The van der Waals surface area contributed by atoms with Crippen molar-refractivity contribution < 1.29 is 4.79 Å². The fourth-order valence-corrected chi connectivity index (χ4v) is 3.02. The molecule has 1 unspecified atom stereocenters. The highest BCUT2D eigenvalue weighted by Gasteiger charge is 2.15. The van der Waals surface area contributed by atoms with E-state index in [9.17, 15) is 9.59 Å². The zero-order valence-electron chi connectivity index (χ0n) is 16.2. The van der Waals surface area contributed by atoms with Crippen molar-refractivity contribution >= 4 is 16.7 Å². The Labute approximate surface area is 159 Å². The lowest BCUT2D eigenvalue weighted by Crippen LogP contribution is -2.35. The first-order valence-electron chi connectivity index (χ1n) is 9.10. The van der Waals surface area contributed by atoms with Crippen LogP contribution in [0.5, 0.6) is 0 Å². The van der Waals surface area contributed by atoms with Crippen molar-refractivity contribution in [3.8, 4) is 0 Å². The monoisotopic (exact) mass is 363 g/mol. The first-order valence-corrected chi connectivity index (χ1v) is 9.10. The van der Waals surface area contributed by atoms with Crippen LogP contribution in [0.25, 0.3) is 10.8 Å². The second kappa shape index (κ2) is 7.35. The number of benzene rings is 2. The predicted molar refractivity (Wildman–Crippen MR) is 108 cm³/mol. The molecule has 5 nitrogen and oxygen atoms in total. The van der Waals surface area contributed by atoms with Crippen LogP contribution in [0, 0.1) is 0 Å². The summed E-state index contributed by atoms with van der Waals surface area (Å²) in [5, 5.41) is 8.38. The van der Waals surface area contributed by atoms with E-state index in [1.165, 1.54) is 10.2 Å². The molecular formula is C22H25N3O2. The number of hydrogen-bond acceptors (Lipinski definition) is 3. The van der Waals surface area contributed by atoms with Gasteiger partial charge in [-0.05, 0) is 29.5 Å². The number of rotatable bonds is 4. The van der Waals surface area contributed by atoms with Crippen molar-refractivity contribution in [1.29, 1.82) is 0 Å². The van der Waals surface area contributed by atoms with E-state index in [2.05, 4.69) is 43.3 Å². The molecule has 0 saturated carbocycles. The highest BCUT2D eigenvalue weighted by molar-refractivity contribution is 5.81. The molecule has 0 bridgehead atoms. The number of amides is 1. The SMILES string of the molecule is CC(NC(=O)Cn1ncc2ccccc2c1=O)c1ccc(C(C)(C)C)cc1. The van der Waals surface area contributed by atoms with Crippen molar-refractivity contribution in [2.75, 3.05) is 0 Å². The van der Waals surface area contributed by atoms with Crippen LogP contribution in [0.15, 0.2) is 59.5 Å². The summed E-state index contributed by atoms with van der Waals surface area (Å²) in [6.07, 6.45) is 1.61. The summed E-state index contributed by atoms with van der Waals surface area (Å²) in [5.74, 6) is -0.243. The Hall–Kier alpha value is -2.95. The van der Waals surface area contributed by atoms with Gasteiger partial charge < -0.3 is 5.32 Å². The lowest BCUT2D eigenvalue weighted by molar-refractivity contribution is -0.122. The van der Waals surface area contributed by atoms with Crippen LogP contribution in [-0.2, 0) is 16.8 Å². The summed E-state index contributed by atoms with van der Waals surface area (Å²) in [5.41, 5.74) is 2.10. The van der Waals surface area contributed by atoms with Crippen LogP contribution in [-0.4, -0.2) is 15.7 Å². The van der Waals surface area contributed by atoms with Gasteiger partial charge in [0.05, 0.1) is 17.6 Å². The molecule has 3 aromatic rings. The standard InChI is InChI=1S/C22H25N3O2/c1-15(16-9-11-18(12-10-16)22(2,3)4)24-20(26)14-25-21(27)19-8-6-5-7-17(19)13-23-25/h5-13,15H,14H2,1-4H3,(H,24,26). The fraction of sp³-hybridized carbons (Fsp3) is 0.318. The summed E-state index contributed by atoms with van der Waals surface area (Å²) < 4.78 is 1.20. The third-order valence-corrected chi connectivity index (χ3v) is 4.71. The Balaban J connectivity index is 1.70. The van der Waals surface area contributed by atoms with E-state index in [4.69, 9.17) is 0 Å². The van der Waals surface area contributed by atoms with E-state index in [0.29, 0.717) is 5.39 Å². The maximum Gasteiger partial charge on any atom is 0.275 e. The largest absolute Gasteiger partial charge is 0.348 e. The fourth-order valence-electron chi connectivity index (χ4n) is 3.02. The molecule has 5 heteroatoms. The van der Waals surface area contributed by atoms with Gasteiger partial charge in [-0.1, -0.05) is 63.2 Å². The lowest BCUT2D eigenvalue weighted by atomic mass is 9.86. The second-order valence-corrected chi connectivity index (χ2v) is 7.86. The Bertz CT molecular complexity index is 1010. The minimum absolute atomic E-state index is 0.0912. The normalized spacial score (nSPS) is 12.7. The maximum absolute atomic E-state index is 12.5. The Morgan fingerprint density at radius 2 is 1.78 bits per heavy atom. The van der Waals surface area contributed by atoms with Crippen molar-refractivity contribution in [2.45, 2.75) is 45.7 Å². The number of nitrogens with one attached hydrogen (secondary N) is 1. The number of aromatic nitrogens is 2. The van der Waals surface area contributed by atoms with Crippen LogP contribution in [0.1, 0.15) is 44.9 Å². The van der Waals surface area contributed by atoms with Gasteiger partial charge in [-0.2, -0.15) is 5.10 Å². The van der Waals surface area contributed by atoms with Gasteiger partial charge in [0.1, 0.15) is 6.54 Å². The Kier molecular flexibility index (Phi) is 5.13. The maximum atomic E-state index is 12.5. The zero-order chi connectivity index (χ0) is 19.6. The van der Waals surface area contributed by atoms with Crippen LogP contribution >= 0.6 is 0 Å². The summed E-state index contributed by atoms with van der Waals surface area (Å²) in [6.45, 7) is 8.33. The molecule has 27 heavy (non-hydrogen) atoms. The van der Waals surface area contributed by atoms with Crippen molar-refractivity contribution in [3.05, 3.63) is 76.2 Å². The Morgan fingerprint density at radius 1 is 1.11 bits per heavy atom. The molecular weight excluding hydrogens is 338 g/mol. The molecule has 0 aliphatic rings. The van der Waals surface area contributed by atoms with Crippen LogP contribution < -0.4 is 10.9 Å². The summed E-state index contributed by atoms with van der Waals surface area (Å²) in [7, 11) is 0. The molecule has 1 heterocycles. The number of hydrogen-bond donors (Lipinski definition) is 1. The molecule has 1 amide bonds. The van der Waals surface area contributed by atoms with Gasteiger partial charge in [-0.15, -0.1) is 0 Å². The summed E-state index contributed by atoms with van der Waals surface area (Å²) >= 11 is 0. The molecule has 1 aromatic heterocycles. The minimum Gasteiger partial charge on any atom is -0.348 e. The van der Waals surface area contributed by atoms with E-state index in [-0.39, 0.29) is 29.5 Å². The number of nitrogens with zero attached hydrogens (tertiary/aromatic N) is 2. The van der Waals surface area contributed by atoms with Gasteiger partial charge >= 0.3 is 0 Å². The smallest absolute Gasteiger partial charge is 0.275 e. The van der Waals surface area contributed by atoms with E-state index < -0.39 is 0 Å². The van der Waals surface area contributed by atoms with Gasteiger partial charge in [0.2, 0.25) is 5.91 Å². The molecule has 0 spiro atoms. The number of fused-ring (bicyclic) bond motifs is 1. The van der Waals surface area contributed by atoms with E-state index in [0.717, 1.165) is 10.9 Å². The first kappa shape index (κ1) is 18.8.